The molecule has 6 nitrogen and oxygen atoms in total. The average molecular weight is 440 g/mol. The Kier molecular flexibility index (Phi) is 6.25. The van der Waals surface area contributed by atoms with Crippen LogP contribution in [0.2, 0.25) is 0 Å². The third-order valence-corrected chi connectivity index (χ3v) is 7.88. The first kappa shape index (κ1) is 21.3. The lowest BCUT2D eigenvalue weighted by Crippen LogP contribution is -2.42. The number of carboxylic acid groups (broad SMARTS) is 1. The van der Waals surface area contributed by atoms with E-state index in [0.717, 1.165) is 5.39 Å². The van der Waals surface area contributed by atoms with Gasteiger partial charge in [0.05, 0.1) is 10.8 Å². The van der Waals surface area contributed by atoms with Crippen LogP contribution in [0.25, 0.3) is 10.8 Å². The van der Waals surface area contributed by atoms with Crippen molar-refractivity contribution in [1.29, 1.82) is 0 Å². The second-order valence-electron chi connectivity index (χ2n) is 7.79. The smallest absolute Gasteiger partial charge is 0.310 e. The summed E-state index contributed by atoms with van der Waals surface area (Å²) in [6.45, 7) is 0.663. The molecule has 1 atom stereocenters. The molecule has 1 N–H and O–H groups in total. The van der Waals surface area contributed by atoms with Gasteiger partial charge in [-0.05, 0) is 42.3 Å². The second-order valence-corrected chi connectivity index (χ2v) is 9.69. The highest BCUT2D eigenvalue weighted by Crippen LogP contribution is 2.31. The Bertz CT molecular complexity index is 1150. The standard InChI is InChI=1S/C24H25NO5S/c26-24(27)22(17-30-20-9-2-1-3-10-20)19-13-15-25(16-14-19)31(28,29)23-12-6-8-18-7-4-5-11-21(18)23/h1-12,19,22H,13-17H2,(H,26,27). The van der Waals surface area contributed by atoms with Crippen LogP contribution in [0.15, 0.2) is 77.7 Å². The Morgan fingerprint density at radius 2 is 1.61 bits per heavy atom. The van der Waals surface area contributed by atoms with Crippen molar-refractivity contribution in [3.8, 4) is 5.75 Å². The van der Waals surface area contributed by atoms with Gasteiger partial charge in [0.15, 0.2) is 0 Å². The van der Waals surface area contributed by atoms with Crippen LogP contribution >= 0.6 is 0 Å². The maximum atomic E-state index is 13.3. The van der Waals surface area contributed by atoms with Crippen molar-refractivity contribution in [3.63, 3.8) is 0 Å². The highest BCUT2D eigenvalue weighted by atomic mass is 32.2. The van der Waals surface area contributed by atoms with E-state index in [4.69, 9.17) is 4.74 Å². The molecule has 7 heteroatoms. The van der Waals surface area contributed by atoms with Crippen molar-refractivity contribution in [2.75, 3.05) is 19.7 Å². The second kappa shape index (κ2) is 9.08. The lowest BCUT2D eigenvalue weighted by molar-refractivity contribution is -0.145. The summed E-state index contributed by atoms with van der Waals surface area (Å²) in [6, 6.07) is 21.8. The van der Waals surface area contributed by atoms with Crippen LogP contribution < -0.4 is 4.74 Å². The number of hydrogen-bond donors (Lipinski definition) is 1. The fourth-order valence-corrected chi connectivity index (χ4v) is 5.87. The Morgan fingerprint density at radius 1 is 0.968 bits per heavy atom. The number of nitrogens with zero attached hydrogens (tertiary/aromatic N) is 1. The number of fused-ring (bicyclic) bond motifs is 1. The molecule has 1 aliphatic heterocycles. The van der Waals surface area contributed by atoms with E-state index in [9.17, 15) is 18.3 Å². The minimum absolute atomic E-state index is 0.0695. The van der Waals surface area contributed by atoms with E-state index in [1.807, 2.05) is 48.5 Å². The summed E-state index contributed by atoms with van der Waals surface area (Å²) < 4.78 is 33.8. The molecule has 3 aromatic rings. The molecule has 162 valence electrons. The van der Waals surface area contributed by atoms with Crippen molar-refractivity contribution < 1.29 is 23.1 Å². The number of aliphatic carboxylic acids is 1. The third-order valence-electron chi connectivity index (χ3n) is 5.93. The quantitative estimate of drug-likeness (QED) is 0.601. The molecule has 0 bridgehead atoms. The summed E-state index contributed by atoms with van der Waals surface area (Å²) in [5, 5.41) is 11.3. The molecule has 1 fully saturated rings. The molecule has 1 unspecified atom stereocenters. The lowest BCUT2D eigenvalue weighted by atomic mass is 9.85. The van der Waals surface area contributed by atoms with E-state index in [1.54, 1.807) is 24.3 Å². The third kappa shape index (κ3) is 4.57. The van der Waals surface area contributed by atoms with Gasteiger partial charge in [-0.3, -0.25) is 4.79 Å². The lowest BCUT2D eigenvalue weighted by Gasteiger charge is -2.34. The van der Waals surface area contributed by atoms with Crippen LogP contribution in [0.1, 0.15) is 12.8 Å². The molecule has 3 aromatic carbocycles. The number of carboxylic acids is 1. The van der Waals surface area contributed by atoms with Crippen molar-refractivity contribution in [3.05, 3.63) is 72.8 Å². The van der Waals surface area contributed by atoms with Crippen molar-refractivity contribution in [2.24, 2.45) is 11.8 Å². The first-order chi connectivity index (χ1) is 15.0. The summed E-state index contributed by atoms with van der Waals surface area (Å²) in [5.41, 5.74) is 0. The van der Waals surface area contributed by atoms with Crippen LogP contribution in [-0.4, -0.2) is 43.5 Å². The zero-order valence-electron chi connectivity index (χ0n) is 17.1. The number of ether oxygens (including phenoxy) is 1. The number of carbonyl (C=O) groups is 1. The minimum atomic E-state index is -3.66. The van der Waals surface area contributed by atoms with Crippen molar-refractivity contribution in [1.82, 2.24) is 4.31 Å². The monoisotopic (exact) mass is 439 g/mol. The van der Waals surface area contributed by atoms with Gasteiger partial charge in [0.25, 0.3) is 0 Å². The van der Waals surface area contributed by atoms with Crippen LogP contribution in [0.3, 0.4) is 0 Å². The molecule has 0 radical (unpaired) electrons. The first-order valence-electron chi connectivity index (χ1n) is 10.4. The molecule has 0 aliphatic carbocycles. The fraction of sp³-hybridized carbons (Fsp3) is 0.292. The van der Waals surface area contributed by atoms with E-state index in [1.165, 1.54) is 4.31 Å². The first-order valence-corrected chi connectivity index (χ1v) is 11.8. The van der Waals surface area contributed by atoms with Crippen LogP contribution in [0.4, 0.5) is 0 Å². The molecular weight excluding hydrogens is 414 g/mol. The molecule has 1 saturated heterocycles. The molecule has 0 amide bonds. The number of sulfonamides is 1. The highest BCUT2D eigenvalue weighted by molar-refractivity contribution is 7.89. The molecule has 1 heterocycles. The molecule has 31 heavy (non-hydrogen) atoms. The number of hydrogen-bond acceptors (Lipinski definition) is 4. The Hall–Kier alpha value is -2.90. The van der Waals surface area contributed by atoms with Gasteiger partial charge in [0.2, 0.25) is 10.0 Å². The summed E-state index contributed by atoms with van der Waals surface area (Å²) in [5.74, 6) is -1.10. The maximum Gasteiger partial charge on any atom is 0.310 e. The number of piperidine rings is 1. The summed E-state index contributed by atoms with van der Waals surface area (Å²) in [6.07, 6.45) is 0.970. The van der Waals surface area contributed by atoms with Gasteiger partial charge < -0.3 is 9.84 Å². The number of benzene rings is 3. The van der Waals surface area contributed by atoms with Crippen LogP contribution in [0, 0.1) is 11.8 Å². The Balaban J connectivity index is 1.46. The molecule has 1 aliphatic rings. The van der Waals surface area contributed by atoms with Crippen molar-refractivity contribution in [2.45, 2.75) is 17.7 Å². The summed E-state index contributed by atoms with van der Waals surface area (Å²) >= 11 is 0. The number of rotatable bonds is 7. The predicted molar refractivity (Wildman–Crippen MR) is 118 cm³/mol. The molecule has 0 saturated carbocycles. The largest absolute Gasteiger partial charge is 0.493 e. The highest BCUT2D eigenvalue weighted by Gasteiger charge is 2.36. The molecular formula is C24H25NO5S. The topological polar surface area (TPSA) is 83.9 Å². The van der Waals surface area contributed by atoms with E-state index < -0.39 is 21.9 Å². The van der Waals surface area contributed by atoms with Gasteiger partial charge in [-0.25, -0.2) is 8.42 Å². The minimum Gasteiger partial charge on any atom is -0.493 e. The van der Waals surface area contributed by atoms with E-state index >= 15 is 0 Å². The predicted octanol–water partition coefficient (Wildman–Crippen LogP) is 4.02. The van der Waals surface area contributed by atoms with E-state index in [-0.39, 0.29) is 12.5 Å². The van der Waals surface area contributed by atoms with Gasteiger partial charge in [0.1, 0.15) is 12.4 Å². The van der Waals surface area contributed by atoms with Gasteiger partial charge in [0, 0.05) is 18.5 Å². The van der Waals surface area contributed by atoms with Gasteiger partial charge in [-0.1, -0.05) is 54.6 Å². The molecule has 0 aromatic heterocycles. The van der Waals surface area contributed by atoms with Gasteiger partial charge in [-0.15, -0.1) is 0 Å². The van der Waals surface area contributed by atoms with E-state index in [2.05, 4.69) is 0 Å². The normalized spacial score (nSPS) is 16.8. The Labute approximate surface area is 182 Å². The zero-order valence-corrected chi connectivity index (χ0v) is 17.9. The molecule has 0 spiro atoms. The average Bonchev–Trinajstić information content (AvgIpc) is 2.79. The van der Waals surface area contributed by atoms with Crippen LogP contribution in [-0.2, 0) is 14.8 Å². The van der Waals surface area contributed by atoms with Gasteiger partial charge >= 0.3 is 5.97 Å². The molecule has 4 rings (SSSR count). The zero-order chi connectivity index (χ0) is 21.8. The summed E-state index contributed by atoms with van der Waals surface area (Å²) in [7, 11) is -3.66. The maximum absolute atomic E-state index is 13.3. The van der Waals surface area contributed by atoms with E-state index in [0.29, 0.717) is 42.0 Å². The summed E-state index contributed by atoms with van der Waals surface area (Å²) in [4.78, 5) is 12.2. The SMILES string of the molecule is O=C(O)C(COc1ccccc1)C1CCN(S(=O)(=O)c2cccc3ccccc23)CC1. The van der Waals surface area contributed by atoms with Crippen molar-refractivity contribution >= 4 is 26.8 Å². The fourth-order valence-electron chi connectivity index (χ4n) is 4.19. The van der Waals surface area contributed by atoms with Gasteiger partial charge in [-0.2, -0.15) is 4.31 Å². The Morgan fingerprint density at radius 3 is 2.32 bits per heavy atom. The van der Waals surface area contributed by atoms with Crippen LogP contribution in [0.5, 0.6) is 5.75 Å². The number of para-hydroxylation sites is 1.